The van der Waals surface area contributed by atoms with Crippen LogP contribution >= 0.6 is 24.8 Å². The second-order valence-electron chi connectivity index (χ2n) is 4.12. The van der Waals surface area contributed by atoms with Crippen LogP contribution in [0.5, 0.6) is 0 Å². The van der Waals surface area contributed by atoms with E-state index in [1.165, 1.54) is 19.5 Å². The Hall–Kier alpha value is 0.500. The van der Waals surface area contributed by atoms with E-state index < -0.39 is 0 Å². The van der Waals surface area contributed by atoms with Crippen LogP contribution in [0.3, 0.4) is 0 Å². The van der Waals surface area contributed by atoms with Crippen LogP contribution < -0.4 is 5.73 Å². The summed E-state index contributed by atoms with van der Waals surface area (Å²) in [5, 5.41) is 0. The molecular weight excluding hydrogens is 207 g/mol. The van der Waals surface area contributed by atoms with Gasteiger partial charge in [0.15, 0.2) is 0 Å². The summed E-state index contributed by atoms with van der Waals surface area (Å²) in [7, 11) is 2.18. The van der Waals surface area contributed by atoms with Crippen molar-refractivity contribution in [3.8, 4) is 0 Å². The lowest BCUT2D eigenvalue weighted by Gasteiger charge is -2.37. The first-order chi connectivity index (χ1) is 5.11. The summed E-state index contributed by atoms with van der Waals surface area (Å²) >= 11 is 0. The van der Waals surface area contributed by atoms with Crippen molar-refractivity contribution in [3.63, 3.8) is 0 Å². The highest BCUT2D eigenvalue weighted by molar-refractivity contribution is 5.85. The quantitative estimate of drug-likeness (QED) is 0.742. The maximum Gasteiger partial charge on any atom is 0.00939 e. The van der Waals surface area contributed by atoms with E-state index in [1.807, 2.05) is 0 Å². The van der Waals surface area contributed by atoms with Gasteiger partial charge in [-0.3, -0.25) is 0 Å². The highest BCUT2D eigenvalue weighted by Gasteiger charge is 2.26. The number of hydrogen-bond donors (Lipinski definition) is 1. The lowest BCUT2D eigenvalue weighted by Crippen LogP contribution is -2.47. The van der Waals surface area contributed by atoms with Crippen LogP contribution in [-0.2, 0) is 0 Å². The molecule has 1 heterocycles. The Kier molecular flexibility index (Phi) is 8.44. The molecular formula is C9H22Cl2N2. The molecule has 4 heteroatoms. The Morgan fingerprint density at radius 2 is 1.85 bits per heavy atom. The largest absolute Gasteiger partial charge is 0.327 e. The minimum Gasteiger partial charge on any atom is -0.327 e. The van der Waals surface area contributed by atoms with Crippen molar-refractivity contribution in [2.24, 2.45) is 17.6 Å². The van der Waals surface area contributed by atoms with E-state index >= 15 is 0 Å². The monoisotopic (exact) mass is 228 g/mol. The maximum absolute atomic E-state index is 6.02. The van der Waals surface area contributed by atoms with Crippen molar-refractivity contribution in [1.29, 1.82) is 0 Å². The van der Waals surface area contributed by atoms with Gasteiger partial charge in [0, 0.05) is 12.6 Å². The van der Waals surface area contributed by atoms with Crippen molar-refractivity contribution >= 4 is 24.8 Å². The number of halogens is 2. The van der Waals surface area contributed by atoms with Crippen molar-refractivity contribution < 1.29 is 0 Å². The number of piperidine rings is 1. The fourth-order valence-corrected chi connectivity index (χ4v) is 1.88. The summed E-state index contributed by atoms with van der Waals surface area (Å²) in [4.78, 5) is 2.38. The molecule has 0 amide bonds. The zero-order valence-electron chi connectivity index (χ0n) is 8.69. The molecule has 0 aliphatic carbocycles. The van der Waals surface area contributed by atoms with Crippen molar-refractivity contribution in [1.82, 2.24) is 4.90 Å². The third-order valence-electron chi connectivity index (χ3n) is 2.77. The topological polar surface area (TPSA) is 29.3 Å². The van der Waals surface area contributed by atoms with Gasteiger partial charge in [0.25, 0.3) is 0 Å². The Bertz CT molecular complexity index is 131. The number of likely N-dealkylation sites (tertiary alicyclic amines) is 1. The van der Waals surface area contributed by atoms with E-state index in [0.717, 1.165) is 5.92 Å². The average Bonchev–Trinajstić information content (AvgIpc) is 1.94. The molecule has 13 heavy (non-hydrogen) atoms. The second kappa shape index (κ2) is 6.88. The molecule has 0 aromatic carbocycles. The Labute approximate surface area is 94.1 Å². The summed E-state index contributed by atoms with van der Waals surface area (Å²) in [5.41, 5.74) is 6.02. The van der Waals surface area contributed by atoms with Crippen LogP contribution in [0.4, 0.5) is 0 Å². The summed E-state index contributed by atoms with van der Waals surface area (Å²) in [6.45, 7) is 6.89. The molecule has 0 radical (unpaired) electrons. The van der Waals surface area contributed by atoms with E-state index in [4.69, 9.17) is 5.73 Å². The van der Waals surface area contributed by atoms with Gasteiger partial charge < -0.3 is 10.6 Å². The molecule has 1 aliphatic heterocycles. The van der Waals surface area contributed by atoms with Gasteiger partial charge in [-0.25, -0.2) is 0 Å². The standard InChI is InChI=1S/C9H20N2.2ClH/c1-7(2)8-6-11(3)5-4-9(8)10;;/h7-9H,4-6,10H2,1-3H3;2*1H. The van der Waals surface area contributed by atoms with Gasteiger partial charge in [0.2, 0.25) is 0 Å². The Morgan fingerprint density at radius 3 is 2.23 bits per heavy atom. The molecule has 2 N–H and O–H groups in total. The lowest BCUT2D eigenvalue weighted by molar-refractivity contribution is 0.150. The molecule has 2 unspecified atom stereocenters. The van der Waals surface area contributed by atoms with E-state index in [0.29, 0.717) is 12.0 Å². The number of nitrogens with zero attached hydrogens (tertiary/aromatic N) is 1. The van der Waals surface area contributed by atoms with E-state index in [2.05, 4.69) is 25.8 Å². The molecule has 0 bridgehead atoms. The van der Waals surface area contributed by atoms with Crippen molar-refractivity contribution in [3.05, 3.63) is 0 Å². The summed E-state index contributed by atoms with van der Waals surface area (Å²) in [6, 6.07) is 0.436. The molecule has 0 saturated carbocycles. The molecule has 82 valence electrons. The minimum atomic E-state index is 0. The first-order valence-corrected chi connectivity index (χ1v) is 4.55. The molecule has 0 aromatic rings. The molecule has 1 saturated heterocycles. The van der Waals surface area contributed by atoms with Gasteiger partial charge in [-0.15, -0.1) is 24.8 Å². The third kappa shape index (κ3) is 4.50. The van der Waals surface area contributed by atoms with E-state index in [-0.39, 0.29) is 24.8 Å². The average molecular weight is 229 g/mol. The van der Waals surface area contributed by atoms with Crippen LogP contribution in [0.25, 0.3) is 0 Å². The van der Waals surface area contributed by atoms with E-state index in [9.17, 15) is 0 Å². The predicted molar refractivity (Wildman–Crippen MR) is 62.9 cm³/mol. The van der Waals surface area contributed by atoms with Crippen molar-refractivity contribution in [2.45, 2.75) is 26.3 Å². The predicted octanol–water partition coefficient (Wildman–Crippen LogP) is 1.77. The molecule has 1 aliphatic rings. The van der Waals surface area contributed by atoms with Gasteiger partial charge in [-0.2, -0.15) is 0 Å². The van der Waals surface area contributed by atoms with Crippen LogP contribution in [0.2, 0.25) is 0 Å². The first-order valence-electron chi connectivity index (χ1n) is 4.55. The second-order valence-corrected chi connectivity index (χ2v) is 4.12. The Balaban J connectivity index is 0. The number of rotatable bonds is 1. The zero-order chi connectivity index (χ0) is 8.43. The van der Waals surface area contributed by atoms with Gasteiger partial charge >= 0.3 is 0 Å². The normalized spacial score (nSPS) is 29.3. The smallest absolute Gasteiger partial charge is 0.00939 e. The fraction of sp³-hybridized carbons (Fsp3) is 1.00. The third-order valence-corrected chi connectivity index (χ3v) is 2.77. The molecule has 1 rings (SSSR count). The SMILES string of the molecule is CC(C)C1CN(C)CCC1N.Cl.Cl. The van der Waals surface area contributed by atoms with Crippen LogP contribution in [0.1, 0.15) is 20.3 Å². The number of nitrogens with two attached hydrogens (primary N) is 1. The summed E-state index contributed by atoms with van der Waals surface area (Å²) < 4.78 is 0. The number of hydrogen-bond acceptors (Lipinski definition) is 2. The highest BCUT2D eigenvalue weighted by Crippen LogP contribution is 2.21. The van der Waals surface area contributed by atoms with Crippen LogP contribution in [0, 0.1) is 11.8 Å². The van der Waals surface area contributed by atoms with Gasteiger partial charge in [-0.05, 0) is 31.8 Å². The van der Waals surface area contributed by atoms with Gasteiger partial charge in [-0.1, -0.05) is 13.8 Å². The van der Waals surface area contributed by atoms with Gasteiger partial charge in [0.1, 0.15) is 0 Å². The first kappa shape index (κ1) is 15.9. The molecule has 2 nitrogen and oxygen atoms in total. The molecule has 1 fully saturated rings. The van der Waals surface area contributed by atoms with Gasteiger partial charge in [0.05, 0.1) is 0 Å². The van der Waals surface area contributed by atoms with Crippen molar-refractivity contribution in [2.75, 3.05) is 20.1 Å². The molecule has 0 aromatic heterocycles. The Morgan fingerprint density at radius 1 is 1.31 bits per heavy atom. The molecule has 2 atom stereocenters. The van der Waals surface area contributed by atoms with Crippen LogP contribution in [-0.4, -0.2) is 31.1 Å². The molecule has 0 spiro atoms. The lowest BCUT2D eigenvalue weighted by atomic mass is 9.84. The fourth-order valence-electron chi connectivity index (χ4n) is 1.88. The minimum absolute atomic E-state index is 0. The summed E-state index contributed by atoms with van der Waals surface area (Å²) in [6.07, 6.45) is 1.17. The zero-order valence-corrected chi connectivity index (χ0v) is 10.3. The summed E-state index contributed by atoms with van der Waals surface area (Å²) in [5.74, 6) is 1.43. The van der Waals surface area contributed by atoms with Crippen LogP contribution in [0.15, 0.2) is 0 Å². The highest BCUT2D eigenvalue weighted by atomic mass is 35.5. The maximum atomic E-state index is 6.02. The van der Waals surface area contributed by atoms with E-state index in [1.54, 1.807) is 0 Å².